The number of rotatable bonds is 4. The maximum Gasteiger partial charge on any atom is 0.430 e. The van der Waals surface area contributed by atoms with Gasteiger partial charge in [-0.2, -0.15) is 52.7 Å². The number of hydrogen-bond acceptors (Lipinski definition) is 2. The first-order valence-electron chi connectivity index (χ1n) is 8.65. The van der Waals surface area contributed by atoms with Crippen molar-refractivity contribution in [2.45, 2.75) is 69.5 Å². The van der Waals surface area contributed by atoms with Gasteiger partial charge in [-0.3, -0.25) is 0 Å². The third kappa shape index (κ3) is 5.10. The van der Waals surface area contributed by atoms with Gasteiger partial charge in [0, 0.05) is 11.1 Å². The van der Waals surface area contributed by atoms with Crippen LogP contribution in [-0.2, 0) is 17.6 Å². The van der Waals surface area contributed by atoms with Crippen LogP contribution in [0.1, 0.15) is 43.9 Å². The molecule has 0 amide bonds. The van der Waals surface area contributed by atoms with Crippen LogP contribution in [0.4, 0.5) is 52.7 Å². The van der Waals surface area contributed by atoms with Gasteiger partial charge in [-0.05, 0) is 29.9 Å². The highest BCUT2D eigenvalue weighted by atomic mass is 19.4. The Labute approximate surface area is 173 Å². The van der Waals surface area contributed by atoms with Crippen LogP contribution in [0.2, 0.25) is 0 Å². The van der Waals surface area contributed by atoms with Crippen molar-refractivity contribution >= 4 is 0 Å². The second-order valence-electron chi connectivity index (χ2n) is 8.39. The molecule has 1 aromatic rings. The molecule has 2 N–H and O–H groups in total. The Hall–Kier alpha value is -1.70. The van der Waals surface area contributed by atoms with Crippen LogP contribution in [0.25, 0.3) is 0 Å². The van der Waals surface area contributed by atoms with Gasteiger partial charge in [0.15, 0.2) is 0 Å². The summed E-state index contributed by atoms with van der Waals surface area (Å²) in [6, 6.07) is -0.755. The van der Waals surface area contributed by atoms with Gasteiger partial charge < -0.3 is 10.2 Å². The summed E-state index contributed by atoms with van der Waals surface area (Å²) in [5.74, 6) is 0. The second kappa shape index (κ2) is 7.96. The van der Waals surface area contributed by atoms with Crippen LogP contribution < -0.4 is 0 Å². The van der Waals surface area contributed by atoms with Crippen LogP contribution >= 0.6 is 0 Å². The Morgan fingerprint density at radius 2 is 0.844 bits per heavy atom. The van der Waals surface area contributed by atoms with E-state index in [1.54, 1.807) is 20.8 Å². The molecule has 0 aliphatic carbocycles. The molecule has 0 saturated heterocycles. The van der Waals surface area contributed by atoms with Gasteiger partial charge in [0.1, 0.15) is 0 Å². The molecule has 0 radical (unpaired) electrons. The van der Waals surface area contributed by atoms with E-state index in [0.717, 1.165) is 0 Å². The van der Waals surface area contributed by atoms with E-state index in [1.807, 2.05) is 0 Å². The van der Waals surface area contributed by atoms with Crippen molar-refractivity contribution in [3.05, 3.63) is 34.9 Å². The molecule has 0 spiro atoms. The van der Waals surface area contributed by atoms with E-state index in [1.165, 1.54) is 0 Å². The maximum atomic E-state index is 13.2. The largest absolute Gasteiger partial charge is 0.430 e. The van der Waals surface area contributed by atoms with Crippen molar-refractivity contribution in [1.29, 1.82) is 0 Å². The van der Waals surface area contributed by atoms with Crippen LogP contribution in [0.15, 0.2) is 18.2 Å². The molecule has 0 aliphatic rings. The highest BCUT2D eigenvalue weighted by Gasteiger charge is 2.74. The summed E-state index contributed by atoms with van der Waals surface area (Å²) in [5.41, 5.74) is -17.8. The quantitative estimate of drug-likeness (QED) is 0.484. The third-order valence-corrected chi connectivity index (χ3v) is 4.63. The number of benzene rings is 1. The monoisotopic (exact) mass is 494 g/mol. The van der Waals surface area contributed by atoms with Crippen molar-refractivity contribution in [1.82, 2.24) is 0 Å². The molecule has 0 fully saturated rings. The van der Waals surface area contributed by atoms with E-state index in [0.29, 0.717) is 0 Å². The van der Waals surface area contributed by atoms with Crippen LogP contribution in [0, 0.1) is 5.41 Å². The number of alkyl halides is 12. The van der Waals surface area contributed by atoms with Crippen LogP contribution in [-0.4, -0.2) is 34.9 Å². The first kappa shape index (κ1) is 28.3. The summed E-state index contributed by atoms with van der Waals surface area (Å²) in [6.07, 6.45) is -26.9. The van der Waals surface area contributed by atoms with Crippen molar-refractivity contribution in [3.63, 3.8) is 0 Å². The van der Waals surface area contributed by atoms with E-state index in [9.17, 15) is 62.9 Å². The normalized spacial score (nSPS) is 15.3. The number of aliphatic hydroxyl groups is 2. The molecule has 0 saturated carbocycles. The van der Waals surface area contributed by atoms with Crippen molar-refractivity contribution in [2.75, 3.05) is 0 Å². The lowest BCUT2D eigenvalue weighted by atomic mass is 9.82. The molecule has 0 bridgehead atoms. The lowest BCUT2D eigenvalue weighted by Crippen LogP contribution is -2.56. The minimum atomic E-state index is -6.57. The fourth-order valence-corrected chi connectivity index (χ4v) is 2.75. The van der Waals surface area contributed by atoms with E-state index in [-0.39, 0.29) is 18.6 Å². The number of aryl methyl sites for hydroxylation is 1. The van der Waals surface area contributed by atoms with E-state index in [2.05, 4.69) is 0 Å². The minimum Gasteiger partial charge on any atom is -0.369 e. The zero-order valence-corrected chi connectivity index (χ0v) is 16.6. The molecule has 0 aliphatic heterocycles. The SMILES string of the molecule is CC(C)(C)CCc1cc(C(O)(C(F)(F)F)C(F)(F)F)cc(C(O)(C(F)(F)F)C(F)(F)F)c1. The third-order valence-electron chi connectivity index (χ3n) is 4.63. The first-order chi connectivity index (χ1) is 13.8. The van der Waals surface area contributed by atoms with Gasteiger partial charge in [-0.15, -0.1) is 0 Å². The number of hydrogen-bond donors (Lipinski definition) is 2. The number of halogens is 12. The molecule has 0 aromatic heterocycles. The predicted molar refractivity (Wildman–Crippen MR) is 86.2 cm³/mol. The first-order valence-corrected chi connectivity index (χ1v) is 8.65. The van der Waals surface area contributed by atoms with Gasteiger partial charge in [0.25, 0.3) is 11.2 Å². The molecular weight excluding hydrogens is 476 g/mol. The Kier molecular flexibility index (Phi) is 7.05. The summed E-state index contributed by atoms with van der Waals surface area (Å²) in [5, 5.41) is 19.0. The smallest absolute Gasteiger partial charge is 0.369 e. The Bertz CT molecular complexity index is 725. The van der Waals surface area contributed by atoms with Crippen molar-refractivity contribution in [2.24, 2.45) is 5.41 Å². The van der Waals surface area contributed by atoms with Crippen LogP contribution in [0.5, 0.6) is 0 Å². The molecule has 0 atom stereocenters. The van der Waals surface area contributed by atoms with Gasteiger partial charge in [0.05, 0.1) is 0 Å². The molecule has 186 valence electrons. The van der Waals surface area contributed by atoms with Gasteiger partial charge in [0.2, 0.25) is 0 Å². The molecule has 0 unspecified atom stereocenters. The Balaban J connectivity index is 4.03. The molecule has 1 aromatic carbocycles. The zero-order chi connectivity index (χ0) is 25.8. The molecule has 1 rings (SSSR count). The van der Waals surface area contributed by atoms with Crippen LogP contribution in [0.3, 0.4) is 0 Å². The molecular formula is C18H18F12O2. The van der Waals surface area contributed by atoms with E-state index in [4.69, 9.17) is 0 Å². The van der Waals surface area contributed by atoms with Crippen molar-refractivity contribution < 1.29 is 62.9 Å². The highest BCUT2D eigenvalue weighted by molar-refractivity contribution is 5.40. The van der Waals surface area contributed by atoms with Gasteiger partial charge in [-0.25, -0.2) is 0 Å². The summed E-state index contributed by atoms with van der Waals surface area (Å²) >= 11 is 0. The summed E-state index contributed by atoms with van der Waals surface area (Å²) < 4.78 is 159. The summed E-state index contributed by atoms with van der Waals surface area (Å²) in [6.45, 7) is 4.63. The minimum absolute atomic E-state index is 0.0173. The Morgan fingerprint density at radius 1 is 0.562 bits per heavy atom. The standard InChI is InChI=1S/C18H18F12O2/c1-12(2,3)5-4-9-6-10(13(31,15(19,20)21)16(22,23)24)8-11(7-9)14(32,17(25,26)27)18(28,29)30/h6-8,31-32H,4-5H2,1-3H3. The summed E-state index contributed by atoms with van der Waals surface area (Å²) in [4.78, 5) is 0. The fourth-order valence-electron chi connectivity index (χ4n) is 2.75. The van der Waals surface area contributed by atoms with Gasteiger partial charge >= 0.3 is 24.7 Å². The molecule has 0 heterocycles. The predicted octanol–water partition coefficient (Wildman–Crippen LogP) is 6.29. The topological polar surface area (TPSA) is 40.5 Å². The van der Waals surface area contributed by atoms with E-state index < -0.39 is 70.5 Å². The van der Waals surface area contributed by atoms with E-state index >= 15 is 0 Å². The highest BCUT2D eigenvalue weighted by Crippen LogP contribution is 2.54. The molecule has 14 heteroatoms. The molecule has 2 nitrogen and oxygen atoms in total. The maximum absolute atomic E-state index is 13.2. The van der Waals surface area contributed by atoms with Gasteiger partial charge in [-0.1, -0.05) is 32.9 Å². The lowest BCUT2D eigenvalue weighted by molar-refractivity contribution is -0.378. The summed E-state index contributed by atoms with van der Waals surface area (Å²) in [7, 11) is 0. The fraction of sp³-hybridized carbons (Fsp3) is 0.667. The molecule has 32 heavy (non-hydrogen) atoms. The zero-order valence-electron chi connectivity index (χ0n) is 16.6. The average molecular weight is 494 g/mol. The van der Waals surface area contributed by atoms with Crippen molar-refractivity contribution in [3.8, 4) is 0 Å². The Morgan fingerprint density at radius 3 is 1.06 bits per heavy atom. The average Bonchev–Trinajstić information content (AvgIpc) is 2.53. The second-order valence-corrected chi connectivity index (χ2v) is 8.39. The lowest BCUT2D eigenvalue weighted by Gasteiger charge is -2.36.